The van der Waals surface area contributed by atoms with Gasteiger partial charge in [0.1, 0.15) is 6.04 Å². The van der Waals surface area contributed by atoms with Crippen molar-refractivity contribution in [3.8, 4) is 0 Å². The summed E-state index contributed by atoms with van der Waals surface area (Å²) in [5.74, 6) is -2.18. The van der Waals surface area contributed by atoms with Crippen LogP contribution in [0.5, 0.6) is 0 Å². The van der Waals surface area contributed by atoms with Gasteiger partial charge in [-0.2, -0.15) is 0 Å². The number of rotatable bonds is 2. The molecule has 0 saturated carbocycles. The first-order valence-electron chi connectivity index (χ1n) is 3.45. The van der Waals surface area contributed by atoms with Crippen LogP contribution in [0.15, 0.2) is 0 Å². The number of amides is 2. The summed E-state index contributed by atoms with van der Waals surface area (Å²) in [6, 6.07) is -1.28. The van der Waals surface area contributed by atoms with Gasteiger partial charge >= 0.3 is 5.97 Å². The van der Waals surface area contributed by atoms with Crippen LogP contribution in [-0.4, -0.2) is 33.8 Å². The van der Waals surface area contributed by atoms with E-state index in [9.17, 15) is 14.4 Å². The highest BCUT2D eigenvalue weighted by molar-refractivity contribution is 6.05. The number of aliphatic carboxylic acids is 1. The highest BCUT2D eigenvalue weighted by atomic mass is 16.4. The van der Waals surface area contributed by atoms with Gasteiger partial charge in [-0.3, -0.25) is 14.5 Å². The van der Waals surface area contributed by atoms with Crippen LogP contribution < -0.4 is 0 Å². The second-order valence-electron chi connectivity index (χ2n) is 2.51. The van der Waals surface area contributed by atoms with Crippen molar-refractivity contribution in [2.24, 2.45) is 0 Å². The Kier molecular flexibility index (Phi) is 2.12. The van der Waals surface area contributed by atoms with Crippen molar-refractivity contribution >= 4 is 17.8 Å². The maximum Gasteiger partial charge on any atom is 0.326 e. The van der Waals surface area contributed by atoms with Crippen molar-refractivity contribution in [2.45, 2.75) is 18.9 Å². The Morgan fingerprint density at radius 2 is 1.83 bits per heavy atom. The third-order valence-corrected chi connectivity index (χ3v) is 1.69. The first-order valence-corrected chi connectivity index (χ1v) is 3.45. The van der Waals surface area contributed by atoms with E-state index >= 15 is 0 Å². The van der Waals surface area contributed by atoms with Crippen molar-refractivity contribution in [3.05, 3.63) is 6.92 Å². The number of carboxylic acids is 1. The van der Waals surface area contributed by atoms with E-state index in [0.29, 0.717) is 4.90 Å². The second-order valence-corrected chi connectivity index (χ2v) is 2.51. The minimum atomic E-state index is -1.28. The fourth-order valence-corrected chi connectivity index (χ4v) is 1.05. The van der Waals surface area contributed by atoms with Gasteiger partial charge in [0.15, 0.2) is 0 Å². The molecule has 5 heteroatoms. The van der Waals surface area contributed by atoms with Crippen LogP contribution in [0.2, 0.25) is 0 Å². The molecule has 1 radical (unpaired) electrons. The number of hydrogen-bond acceptors (Lipinski definition) is 3. The Balaban J connectivity index is 2.79. The molecule has 1 N–H and O–H groups in total. The summed E-state index contributed by atoms with van der Waals surface area (Å²) in [4.78, 5) is 32.9. The molecule has 1 fully saturated rings. The topological polar surface area (TPSA) is 74.7 Å². The molecule has 1 atom stereocenters. The van der Waals surface area contributed by atoms with Crippen molar-refractivity contribution in [3.63, 3.8) is 0 Å². The average molecular weight is 170 g/mol. The van der Waals surface area contributed by atoms with Gasteiger partial charge in [0, 0.05) is 12.8 Å². The van der Waals surface area contributed by atoms with Gasteiger partial charge in [-0.15, -0.1) is 0 Å². The van der Waals surface area contributed by atoms with E-state index in [1.54, 1.807) is 0 Å². The van der Waals surface area contributed by atoms with Crippen LogP contribution in [0.25, 0.3) is 0 Å². The SMILES string of the molecule is [CH2]C(C(=O)O)N1C(=O)CCC1=O. The van der Waals surface area contributed by atoms with Gasteiger partial charge < -0.3 is 5.11 Å². The average Bonchev–Trinajstić information content (AvgIpc) is 2.30. The predicted octanol–water partition coefficient (Wildman–Crippen LogP) is -0.577. The van der Waals surface area contributed by atoms with Gasteiger partial charge in [0.2, 0.25) is 11.8 Å². The maximum absolute atomic E-state index is 10.9. The summed E-state index contributed by atoms with van der Waals surface area (Å²) < 4.78 is 0. The van der Waals surface area contributed by atoms with E-state index in [-0.39, 0.29) is 12.8 Å². The van der Waals surface area contributed by atoms with E-state index in [1.807, 2.05) is 0 Å². The fraction of sp³-hybridized carbons (Fsp3) is 0.429. The summed E-state index contributed by atoms with van der Waals surface area (Å²) in [6.45, 7) is 3.21. The summed E-state index contributed by atoms with van der Waals surface area (Å²) in [7, 11) is 0. The molecule has 1 saturated heterocycles. The summed E-state index contributed by atoms with van der Waals surface area (Å²) in [5, 5.41) is 8.47. The zero-order valence-corrected chi connectivity index (χ0v) is 6.32. The van der Waals surface area contributed by atoms with Gasteiger partial charge in [-0.1, -0.05) is 0 Å². The quantitative estimate of drug-likeness (QED) is 0.563. The number of carboxylic acid groups (broad SMARTS) is 1. The van der Waals surface area contributed by atoms with Gasteiger partial charge in [0.05, 0.1) is 0 Å². The molecule has 1 aliphatic rings. The monoisotopic (exact) mass is 170 g/mol. The Morgan fingerprint density at radius 3 is 2.17 bits per heavy atom. The zero-order valence-electron chi connectivity index (χ0n) is 6.32. The highest BCUT2D eigenvalue weighted by Crippen LogP contribution is 2.14. The molecule has 0 aromatic heterocycles. The van der Waals surface area contributed by atoms with E-state index < -0.39 is 23.8 Å². The number of imide groups is 1. The molecule has 0 bridgehead atoms. The predicted molar refractivity (Wildman–Crippen MR) is 37.9 cm³/mol. The molecule has 0 aromatic rings. The van der Waals surface area contributed by atoms with Crippen LogP contribution in [-0.2, 0) is 14.4 Å². The normalized spacial score (nSPS) is 19.9. The molecular weight excluding hydrogens is 162 g/mol. The Morgan fingerprint density at radius 1 is 1.42 bits per heavy atom. The molecule has 2 amide bonds. The summed E-state index contributed by atoms with van der Waals surface area (Å²) in [5.41, 5.74) is 0. The minimum absolute atomic E-state index is 0.0954. The molecular formula is C7H8NO4. The van der Waals surface area contributed by atoms with E-state index in [2.05, 4.69) is 6.92 Å². The maximum atomic E-state index is 10.9. The standard InChI is InChI=1S/C7H8NO4/c1-4(7(11)12)8-5(9)2-3-6(8)10/h4H,1-3H2,(H,11,12). The lowest BCUT2D eigenvalue weighted by molar-refractivity contribution is -0.152. The van der Waals surface area contributed by atoms with Gasteiger partial charge in [-0.25, -0.2) is 4.79 Å². The smallest absolute Gasteiger partial charge is 0.326 e. The largest absolute Gasteiger partial charge is 0.480 e. The number of hydrogen-bond donors (Lipinski definition) is 1. The van der Waals surface area contributed by atoms with Gasteiger partial charge in [0.25, 0.3) is 0 Å². The minimum Gasteiger partial charge on any atom is -0.480 e. The van der Waals surface area contributed by atoms with Crippen LogP contribution in [0.3, 0.4) is 0 Å². The molecule has 1 unspecified atom stereocenters. The lowest BCUT2D eigenvalue weighted by Crippen LogP contribution is -2.42. The molecule has 5 nitrogen and oxygen atoms in total. The summed E-state index contributed by atoms with van der Waals surface area (Å²) >= 11 is 0. The Bertz CT molecular complexity index is 232. The molecule has 65 valence electrons. The van der Waals surface area contributed by atoms with Crippen molar-refractivity contribution < 1.29 is 19.5 Å². The number of carbonyl (C=O) groups is 3. The number of nitrogens with zero attached hydrogens (tertiary/aromatic N) is 1. The molecule has 12 heavy (non-hydrogen) atoms. The third-order valence-electron chi connectivity index (χ3n) is 1.69. The molecule has 0 aliphatic carbocycles. The number of carbonyl (C=O) groups excluding carboxylic acids is 2. The second kappa shape index (κ2) is 2.92. The van der Waals surface area contributed by atoms with E-state index in [0.717, 1.165) is 0 Å². The van der Waals surface area contributed by atoms with Crippen LogP contribution in [0.4, 0.5) is 0 Å². The first-order chi connectivity index (χ1) is 5.54. The third kappa shape index (κ3) is 1.30. The molecule has 0 spiro atoms. The molecule has 0 aromatic carbocycles. The fourth-order valence-electron chi connectivity index (χ4n) is 1.05. The molecule has 1 aliphatic heterocycles. The van der Waals surface area contributed by atoms with Crippen molar-refractivity contribution in [2.75, 3.05) is 0 Å². The summed E-state index contributed by atoms with van der Waals surface area (Å²) in [6.07, 6.45) is 0.191. The molecule has 1 heterocycles. The van der Waals surface area contributed by atoms with Crippen molar-refractivity contribution in [1.82, 2.24) is 4.90 Å². The first kappa shape index (κ1) is 8.70. The zero-order chi connectivity index (χ0) is 9.30. The van der Waals surface area contributed by atoms with Crippen LogP contribution in [0.1, 0.15) is 12.8 Å². The van der Waals surface area contributed by atoms with Crippen LogP contribution in [0, 0.1) is 6.92 Å². The van der Waals surface area contributed by atoms with E-state index in [1.165, 1.54) is 0 Å². The Labute approximate surface area is 69.0 Å². The van der Waals surface area contributed by atoms with E-state index in [4.69, 9.17) is 5.11 Å². The lowest BCUT2D eigenvalue weighted by atomic mass is 10.3. The highest BCUT2D eigenvalue weighted by Gasteiger charge is 2.35. The lowest BCUT2D eigenvalue weighted by Gasteiger charge is -2.17. The molecule has 1 rings (SSSR count). The number of likely N-dealkylation sites (tertiary alicyclic amines) is 1. The van der Waals surface area contributed by atoms with Gasteiger partial charge in [-0.05, 0) is 6.92 Å². The Hall–Kier alpha value is -1.39. The van der Waals surface area contributed by atoms with Crippen molar-refractivity contribution in [1.29, 1.82) is 0 Å². The van der Waals surface area contributed by atoms with Crippen LogP contribution >= 0.6 is 0 Å².